The Kier molecular flexibility index (Phi) is 6.68. The molecule has 0 saturated carbocycles. The Balaban J connectivity index is 2.57. The summed E-state index contributed by atoms with van der Waals surface area (Å²) in [5, 5.41) is 0. The largest absolute Gasteiger partial charge is 0.494 e. The fourth-order valence-corrected chi connectivity index (χ4v) is 2.66. The van der Waals surface area contributed by atoms with Gasteiger partial charge in [-0.1, -0.05) is 13.8 Å². The van der Waals surface area contributed by atoms with Gasteiger partial charge in [-0.05, 0) is 36.6 Å². The Morgan fingerprint density at radius 3 is 2.29 bits per heavy atom. The van der Waals surface area contributed by atoms with E-state index in [2.05, 4.69) is 18.6 Å². The maximum Gasteiger partial charge on any atom is 0.302 e. The second kappa shape index (κ2) is 8.02. The van der Waals surface area contributed by atoms with E-state index in [4.69, 9.17) is 4.74 Å². The van der Waals surface area contributed by atoms with Gasteiger partial charge >= 0.3 is 5.97 Å². The number of hydrogen-bond donors (Lipinski definition) is 0. The molecule has 0 aliphatic rings. The third kappa shape index (κ3) is 6.62. The molecule has 0 radical (unpaired) electrons. The second-order valence-corrected chi connectivity index (χ2v) is 7.27. The summed E-state index contributed by atoms with van der Waals surface area (Å²) in [6, 6.07) is 6.29. The van der Waals surface area contributed by atoms with Crippen LogP contribution in [0, 0.1) is 5.92 Å². The van der Waals surface area contributed by atoms with Crippen LogP contribution in [0.2, 0.25) is 0 Å². The van der Waals surface area contributed by atoms with Crippen molar-refractivity contribution in [2.24, 2.45) is 5.92 Å². The van der Waals surface area contributed by atoms with Crippen LogP contribution >= 0.6 is 0 Å². The summed E-state index contributed by atoms with van der Waals surface area (Å²) in [4.78, 5) is 10.8. The maximum atomic E-state index is 12.0. The molecule has 0 aromatic heterocycles. The van der Waals surface area contributed by atoms with Gasteiger partial charge in [-0.25, -0.2) is 8.42 Å². The van der Waals surface area contributed by atoms with Gasteiger partial charge in [0, 0.05) is 6.92 Å². The summed E-state index contributed by atoms with van der Waals surface area (Å²) in [5.74, 6) is 0.500. The van der Waals surface area contributed by atoms with Crippen LogP contribution in [0.25, 0.3) is 0 Å². The van der Waals surface area contributed by atoms with Crippen LogP contribution in [-0.4, -0.2) is 33.4 Å². The molecule has 0 fully saturated rings. The summed E-state index contributed by atoms with van der Waals surface area (Å²) in [6.45, 7) is 5.95. The first kappa shape index (κ1) is 17.5. The van der Waals surface area contributed by atoms with Gasteiger partial charge in [0.1, 0.15) is 12.4 Å². The highest BCUT2D eigenvalue weighted by Crippen LogP contribution is 2.17. The molecule has 0 saturated heterocycles. The number of benzene rings is 1. The molecule has 0 heterocycles. The van der Waals surface area contributed by atoms with Gasteiger partial charge < -0.3 is 9.47 Å². The summed E-state index contributed by atoms with van der Waals surface area (Å²) in [6.07, 6.45) is 0.947. The van der Waals surface area contributed by atoms with Crippen LogP contribution in [0.4, 0.5) is 0 Å². The number of esters is 1. The Labute approximate surface area is 126 Å². The lowest BCUT2D eigenvalue weighted by molar-refractivity contribution is -0.140. The van der Waals surface area contributed by atoms with Gasteiger partial charge in [0.15, 0.2) is 9.84 Å². The number of hydrogen-bond acceptors (Lipinski definition) is 5. The molecule has 1 aromatic carbocycles. The monoisotopic (exact) mass is 314 g/mol. The lowest BCUT2D eigenvalue weighted by Gasteiger charge is -2.09. The van der Waals surface area contributed by atoms with Crippen molar-refractivity contribution >= 4 is 15.8 Å². The van der Waals surface area contributed by atoms with Crippen molar-refractivity contribution in [1.29, 1.82) is 0 Å². The average Bonchev–Trinajstić information content (AvgIpc) is 2.38. The van der Waals surface area contributed by atoms with Crippen molar-refractivity contribution in [3.05, 3.63) is 24.3 Å². The fourth-order valence-electron chi connectivity index (χ4n) is 1.57. The number of sulfone groups is 1. The molecule has 0 bridgehead atoms. The average molecular weight is 314 g/mol. The zero-order valence-electron chi connectivity index (χ0n) is 12.7. The third-order valence-electron chi connectivity index (χ3n) is 2.80. The molecule has 0 aliphatic heterocycles. The van der Waals surface area contributed by atoms with E-state index in [1.54, 1.807) is 12.1 Å². The predicted octanol–water partition coefficient (Wildman–Crippen LogP) is 2.45. The van der Waals surface area contributed by atoms with Gasteiger partial charge in [0.25, 0.3) is 0 Å². The van der Waals surface area contributed by atoms with E-state index in [0.29, 0.717) is 18.3 Å². The molecule has 0 spiro atoms. The standard InChI is InChI=1S/C15H22O5S/c1-12(2)8-9-20-14-4-6-15(7-5-14)21(17,18)11-10-19-13(3)16/h4-7,12H,8-11H2,1-3H3. The Hall–Kier alpha value is -1.56. The summed E-state index contributed by atoms with van der Waals surface area (Å²) < 4.78 is 34.2. The van der Waals surface area contributed by atoms with E-state index >= 15 is 0 Å². The van der Waals surface area contributed by atoms with Crippen LogP contribution in [0.1, 0.15) is 27.2 Å². The van der Waals surface area contributed by atoms with Crippen LogP contribution < -0.4 is 4.74 Å². The normalized spacial score (nSPS) is 11.4. The molecule has 0 unspecified atom stereocenters. The predicted molar refractivity (Wildman–Crippen MR) is 80.1 cm³/mol. The first-order valence-corrected chi connectivity index (χ1v) is 8.55. The van der Waals surface area contributed by atoms with Crippen molar-refractivity contribution in [3.8, 4) is 5.75 Å². The lowest BCUT2D eigenvalue weighted by Crippen LogP contribution is -2.14. The minimum Gasteiger partial charge on any atom is -0.494 e. The van der Waals surface area contributed by atoms with Crippen molar-refractivity contribution in [3.63, 3.8) is 0 Å². The van der Waals surface area contributed by atoms with E-state index in [1.807, 2.05) is 0 Å². The number of carbonyl (C=O) groups excluding carboxylic acids is 1. The Morgan fingerprint density at radius 1 is 1.14 bits per heavy atom. The molecule has 0 aliphatic carbocycles. The highest BCUT2D eigenvalue weighted by molar-refractivity contribution is 7.91. The first-order valence-electron chi connectivity index (χ1n) is 6.90. The smallest absolute Gasteiger partial charge is 0.302 e. The van der Waals surface area contributed by atoms with Crippen molar-refractivity contribution < 1.29 is 22.7 Å². The minimum absolute atomic E-state index is 0.135. The molecular formula is C15H22O5S. The van der Waals surface area contributed by atoms with Crippen LogP contribution in [-0.2, 0) is 19.4 Å². The third-order valence-corrected chi connectivity index (χ3v) is 4.50. The van der Waals surface area contributed by atoms with E-state index in [-0.39, 0.29) is 17.3 Å². The fraction of sp³-hybridized carbons (Fsp3) is 0.533. The van der Waals surface area contributed by atoms with Crippen molar-refractivity contribution in [2.75, 3.05) is 19.0 Å². The van der Waals surface area contributed by atoms with Crippen LogP contribution in [0.5, 0.6) is 5.75 Å². The highest BCUT2D eigenvalue weighted by Gasteiger charge is 2.15. The van der Waals surface area contributed by atoms with Gasteiger partial charge in [-0.3, -0.25) is 4.79 Å². The zero-order chi connectivity index (χ0) is 15.9. The molecule has 21 heavy (non-hydrogen) atoms. The molecule has 5 nitrogen and oxygen atoms in total. The van der Waals surface area contributed by atoms with Crippen LogP contribution in [0.3, 0.4) is 0 Å². The number of rotatable bonds is 8. The molecule has 1 rings (SSSR count). The van der Waals surface area contributed by atoms with E-state index in [1.165, 1.54) is 19.1 Å². The van der Waals surface area contributed by atoms with Crippen LogP contribution in [0.15, 0.2) is 29.2 Å². The SMILES string of the molecule is CC(=O)OCCS(=O)(=O)c1ccc(OCCC(C)C)cc1. The molecular weight excluding hydrogens is 292 g/mol. The minimum atomic E-state index is -3.44. The molecule has 0 amide bonds. The number of ether oxygens (including phenoxy) is 2. The number of carbonyl (C=O) groups is 1. The second-order valence-electron chi connectivity index (χ2n) is 5.16. The Morgan fingerprint density at radius 2 is 1.76 bits per heavy atom. The van der Waals surface area contributed by atoms with E-state index in [0.717, 1.165) is 6.42 Å². The lowest BCUT2D eigenvalue weighted by atomic mass is 10.1. The zero-order valence-corrected chi connectivity index (χ0v) is 13.5. The van der Waals surface area contributed by atoms with Gasteiger partial charge in [0.2, 0.25) is 0 Å². The molecule has 6 heteroatoms. The summed E-state index contributed by atoms with van der Waals surface area (Å²) in [5.41, 5.74) is 0. The molecule has 118 valence electrons. The van der Waals surface area contributed by atoms with E-state index in [9.17, 15) is 13.2 Å². The first-order chi connectivity index (χ1) is 9.81. The van der Waals surface area contributed by atoms with Crippen molar-refractivity contribution in [1.82, 2.24) is 0 Å². The highest BCUT2D eigenvalue weighted by atomic mass is 32.2. The van der Waals surface area contributed by atoms with Gasteiger partial charge in [-0.2, -0.15) is 0 Å². The molecule has 1 aromatic rings. The van der Waals surface area contributed by atoms with Gasteiger partial charge in [-0.15, -0.1) is 0 Å². The van der Waals surface area contributed by atoms with Crippen molar-refractivity contribution in [2.45, 2.75) is 32.1 Å². The Bertz CT molecular complexity index is 546. The molecule has 0 N–H and O–H groups in total. The summed E-state index contributed by atoms with van der Waals surface area (Å²) >= 11 is 0. The quantitative estimate of drug-likeness (QED) is 0.689. The topological polar surface area (TPSA) is 69.7 Å². The van der Waals surface area contributed by atoms with E-state index < -0.39 is 15.8 Å². The van der Waals surface area contributed by atoms with Gasteiger partial charge in [0.05, 0.1) is 17.3 Å². The maximum absolute atomic E-state index is 12.0. The summed E-state index contributed by atoms with van der Waals surface area (Å²) in [7, 11) is -3.44. The molecule has 0 atom stereocenters.